The van der Waals surface area contributed by atoms with Crippen molar-refractivity contribution in [2.75, 3.05) is 0 Å². The standard InChI is InChI=1S/C24H25Cl2N/c25-18-8-3-7-17(13-18)21-10-4-9-20(16-5-1-2-6-16)24(21)15-27-23-14-19(26)11-12-22(23)24/h3,7-8,11-16,20-21H,1-2,4-6,9-10H2. The van der Waals surface area contributed by atoms with Crippen LogP contribution in [-0.4, -0.2) is 6.21 Å². The smallest absolute Gasteiger partial charge is 0.0682 e. The second-order valence-corrected chi connectivity index (χ2v) is 9.42. The Hall–Kier alpha value is -1.31. The van der Waals surface area contributed by atoms with Crippen molar-refractivity contribution >= 4 is 35.1 Å². The van der Waals surface area contributed by atoms with Gasteiger partial charge in [-0.3, -0.25) is 4.99 Å². The molecular formula is C24H25Cl2N. The molecule has 5 rings (SSSR count). The van der Waals surface area contributed by atoms with Gasteiger partial charge in [-0.15, -0.1) is 0 Å². The summed E-state index contributed by atoms with van der Waals surface area (Å²) in [5, 5.41) is 1.60. The molecule has 0 radical (unpaired) electrons. The van der Waals surface area contributed by atoms with Gasteiger partial charge in [0.2, 0.25) is 0 Å². The lowest BCUT2D eigenvalue weighted by atomic mass is 9.53. The molecule has 1 nitrogen and oxygen atoms in total. The SMILES string of the molecule is Clc1cccc(C2CCCC(C3CCCC3)C23C=Nc2cc(Cl)ccc23)c1. The first-order valence-electron chi connectivity index (χ1n) is 10.3. The highest BCUT2D eigenvalue weighted by atomic mass is 35.5. The first kappa shape index (κ1) is 17.8. The summed E-state index contributed by atoms with van der Waals surface area (Å²) in [4.78, 5) is 4.91. The summed E-state index contributed by atoms with van der Waals surface area (Å²) in [6, 6.07) is 14.8. The maximum atomic E-state index is 6.39. The van der Waals surface area contributed by atoms with Crippen molar-refractivity contribution in [3.63, 3.8) is 0 Å². The third-order valence-corrected chi connectivity index (χ3v) is 7.73. The van der Waals surface area contributed by atoms with Crippen LogP contribution >= 0.6 is 23.2 Å². The third kappa shape index (κ3) is 2.86. The summed E-state index contributed by atoms with van der Waals surface area (Å²) < 4.78 is 0. The summed E-state index contributed by atoms with van der Waals surface area (Å²) in [6.07, 6.45) is 11.6. The molecule has 1 aliphatic heterocycles. The molecule has 1 spiro atoms. The van der Waals surface area contributed by atoms with Crippen molar-refractivity contribution in [3.8, 4) is 0 Å². The summed E-state index contributed by atoms with van der Waals surface area (Å²) in [5.74, 6) is 1.89. The van der Waals surface area contributed by atoms with Crippen LogP contribution in [0, 0.1) is 11.8 Å². The molecule has 2 aliphatic carbocycles. The Bertz CT molecular complexity index is 884. The van der Waals surface area contributed by atoms with Gasteiger partial charge in [0.15, 0.2) is 0 Å². The van der Waals surface area contributed by atoms with Crippen molar-refractivity contribution in [3.05, 3.63) is 63.6 Å². The zero-order chi connectivity index (χ0) is 18.4. The van der Waals surface area contributed by atoms with Crippen LogP contribution in [-0.2, 0) is 5.41 Å². The first-order valence-corrected chi connectivity index (χ1v) is 11.0. The van der Waals surface area contributed by atoms with Crippen LogP contribution in [0.3, 0.4) is 0 Å². The minimum absolute atomic E-state index is 0.0160. The molecule has 3 atom stereocenters. The van der Waals surface area contributed by atoms with Gasteiger partial charge in [-0.2, -0.15) is 0 Å². The lowest BCUT2D eigenvalue weighted by Gasteiger charge is -2.49. The maximum absolute atomic E-state index is 6.39. The molecule has 3 unspecified atom stereocenters. The molecule has 0 amide bonds. The van der Waals surface area contributed by atoms with Gasteiger partial charge in [0.05, 0.1) is 5.69 Å². The van der Waals surface area contributed by atoms with Crippen molar-refractivity contribution in [2.24, 2.45) is 16.8 Å². The Morgan fingerprint density at radius 2 is 1.67 bits per heavy atom. The Labute approximate surface area is 171 Å². The quantitative estimate of drug-likeness (QED) is 0.491. The third-order valence-electron chi connectivity index (χ3n) is 7.26. The number of halogens is 2. The van der Waals surface area contributed by atoms with Gasteiger partial charge in [-0.25, -0.2) is 0 Å². The van der Waals surface area contributed by atoms with Gasteiger partial charge in [-0.05, 0) is 66.0 Å². The van der Waals surface area contributed by atoms with E-state index in [2.05, 4.69) is 30.5 Å². The Kier molecular flexibility index (Phi) is 4.57. The normalized spacial score (nSPS) is 30.1. The van der Waals surface area contributed by atoms with Crippen molar-refractivity contribution in [1.29, 1.82) is 0 Å². The van der Waals surface area contributed by atoms with E-state index in [9.17, 15) is 0 Å². The van der Waals surface area contributed by atoms with Gasteiger partial charge in [0.1, 0.15) is 0 Å². The number of benzene rings is 2. The molecule has 27 heavy (non-hydrogen) atoms. The van der Waals surface area contributed by atoms with Crippen LogP contribution < -0.4 is 0 Å². The van der Waals surface area contributed by atoms with E-state index in [4.69, 9.17) is 28.2 Å². The predicted octanol–water partition coefficient (Wildman–Crippen LogP) is 7.72. The molecule has 0 saturated heterocycles. The van der Waals surface area contributed by atoms with Gasteiger partial charge >= 0.3 is 0 Å². The van der Waals surface area contributed by atoms with Gasteiger partial charge in [-0.1, -0.05) is 73.5 Å². The number of fused-ring (bicyclic) bond motifs is 2. The molecule has 2 aromatic carbocycles. The van der Waals surface area contributed by atoms with Crippen LogP contribution in [0.25, 0.3) is 0 Å². The fourth-order valence-corrected chi connectivity index (χ4v) is 6.59. The Balaban J connectivity index is 1.68. The molecule has 3 heteroatoms. The van der Waals surface area contributed by atoms with E-state index in [1.807, 2.05) is 18.2 Å². The Morgan fingerprint density at radius 3 is 2.48 bits per heavy atom. The average molecular weight is 398 g/mol. The van der Waals surface area contributed by atoms with Crippen LogP contribution in [0.15, 0.2) is 47.5 Å². The number of rotatable bonds is 2. The zero-order valence-corrected chi connectivity index (χ0v) is 17.0. The second kappa shape index (κ2) is 6.94. The van der Waals surface area contributed by atoms with E-state index in [0.717, 1.165) is 21.7 Å². The topological polar surface area (TPSA) is 12.4 Å². The van der Waals surface area contributed by atoms with Gasteiger partial charge in [0, 0.05) is 21.7 Å². The predicted molar refractivity (Wildman–Crippen MR) is 115 cm³/mol. The molecule has 0 N–H and O–H groups in total. The van der Waals surface area contributed by atoms with E-state index in [0.29, 0.717) is 11.8 Å². The molecule has 3 aliphatic rings. The fourth-order valence-electron chi connectivity index (χ4n) is 6.23. The molecule has 2 aromatic rings. The molecule has 0 aromatic heterocycles. The molecular weight excluding hydrogens is 373 g/mol. The number of hydrogen-bond acceptors (Lipinski definition) is 1. The molecule has 1 heterocycles. The van der Waals surface area contributed by atoms with E-state index in [-0.39, 0.29) is 5.41 Å². The number of nitrogens with zero attached hydrogens (tertiary/aromatic N) is 1. The first-order chi connectivity index (χ1) is 13.2. The van der Waals surface area contributed by atoms with Gasteiger partial charge in [0.25, 0.3) is 0 Å². The maximum Gasteiger partial charge on any atom is 0.0682 e. The van der Waals surface area contributed by atoms with Crippen LogP contribution in [0.1, 0.15) is 62.0 Å². The van der Waals surface area contributed by atoms with Crippen LogP contribution in [0.5, 0.6) is 0 Å². The molecule has 140 valence electrons. The van der Waals surface area contributed by atoms with E-state index >= 15 is 0 Å². The average Bonchev–Trinajstić information content (AvgIpc) is 3.31. The van der Waals surface area contributed by atoms with E-state index < -0.39 is 0 Å². The van der Waals surface area contributed by atoms with Crippen LogP contribution in [0.4, 0.5) is 5.69 Å². The fraction of sp³-hybridized carbons (Fsp3) is 0.458. The van der Waals surface area contributed by atoms with Crippen molar-refractivity contribution < 1.29 is 0 Å². The summed E-state index contributed by atoms with van der Waals surface area (Å²) in [7, 11) is 0. The van der Waals surface area contributed by atoms with E-state index in [1.54, 1.807) is 0 Å². The van der Waals surface area contributed by atoms with Gasteiger partial charge < -0.3 is 0 Å². The highest BCUT2D eigenvalue weighted by molar-refractivity contribution is 6.31. The molecule has 2 saturated carbocycles. The lowest BCUT2D eigenvalue weighted by molar-refractivity contribution is 0.157. The molecule has 0 bridgehead atoms. The van der Waals surface area contributed by atoms with E-state index in [1.165, 1.54) is 56.1 Å². The monoisotopic (exact) mass is 397 g/mol. The number of hydrogen-bond donors (Lipinski definition) is 0. The highest BCUT2D eigenvalue weighted by Crippen LogP contribution is 2.60. The zero-order valence-electron chi connectivity index (χ0n) is 15.5. The minimum Gasteiger partial charge on any atom is -0.260 e. The Morgan fingerprint density at radius 1 is 0.852 bits per heavy atom. The number of aliphatic imine (C=N–C) groups is 1. The lowest BCUT2D eigenvalue weighted by Crippen LogP contribution is -2.46. The van der Waals surface area contributed by atoms with Crippen molar-refractivity contribution in [2.45, 2.75) is 56.3 Å². The summed E-state index contributed by atoms with van der Waals surface area (Å²) in [5.41, 5.74) is 3.80. The summed E-state index contributed by atoms with van der Waals surface area (Å²) in [6.45, 7) is 0. The highest BCUT2D eigenvalue weighted by Gasteiger charge is 2.53. The largest absolute Gasteiger partial charge is 0.260 e. The van der Waals surface area contributed by atoms with Crippen LogP contribution in [0.2, 0.25) is 10.0 Å². The summed E-state index contributed by atoms with van der Waals surface area (Å²) >= 11 is 12.7. The second-order valence-electron chi connectivity index (χ2n) is 8.54. The minimum atomic E-state index is -0.0160. The molecule has 2 fully saturated rings. The van der Waals surface area contributed by atoms with Crippen molar-refractivity contribution in [1.82, 2.24) is 0 Å².